The van der Waals surface area contributed by atoms with Gasteiger partial charge in [-0.3, -0.25) is 9.69 Å². The molecule has 0 aromatic heterocycles. The molecule has 1 aliphatic heterocycles. The number of amides is 1. The van der Waals surface area contributed by atoms with Crippen LogP contribution in [0.4, 0.5) is 10.1 Å². The average molecular weight is 491 g/mol. The number of methoxy groups -OCH3 is 1. The van der Waals surface area contributed by atoms with E-state index < -0.39 is 0 Å². The number of aryl methyl sites for hydroxylation is 2. The quantitative estimate of drug-likeness (QED) is 0.348. The van der Waals surface area contributed by atoms with Crippen molar-refractivity contribution in [2.45, 2.75) is 27.4 Å². The Hall–Kier alpha value is -3.58. The van der Waals surface area contributed by atoms with Crippen molar-refractivity contribution in [3.8, 4) is 11.5 Å². The standard InChI is InChI=1S/C28H27FN2O3S/c1-5-31-27(32)25(35-28(31)30-26-18(2)7-6-8-19(26)3)16-21-11-14-23(24(15-21)33-4)34-17-20-9-12-22(29)13-10-20/h6-16H,5,17H2,1-4H3/b25-16+,30-28?. The van der Waals surface area contributed by atoms with Gasteiger partial charge in [0.15, 0.2) is 16.7 Å². The molecule has 1 amide bonds. The third-order valence-electron chi connectivity index (χ3n) is 5.64. The average Bonchev–Trinajstić information content (AvgIpc) is 3.15. The Bertz CT molecular complexity index is 1280. The first-order chi connectivity index (χ1) is 16.9. The lowest BCUT2D eigenvalue weighted by atomic mass is 10.1. The summed E-state index contributed by atoms with van der Waals surface area (Å²) in [6.45, 7) is 6.80. The van der Waals surface area contributed by atoms with Gasteiger partial charge in [-0.15, -0.1) is 0 Å². The van der Waals surface area contributed by atoms with Crippen LogP contribution in [0.3, 0.4) is 0 Å². The zero-order valence-electron chi connectivity index (χ0n) is 20.2. The van der Waals surface area contributed by atoms with E-state index in [1.165, 1.54) is 23.9 Å². The molecule has 0 radical (unpaired) electrons. The van der Waals surface area contributed by atoms with Crippen molar-refractivity contribution < 1.29 is 18.7 Å². The molecule has 7 heteroatoms. The van der Waals surface area contributed by atoms with E-state index in [0.717, 1.165) is 27.9 Å². The van der Waals surface area contributed by atoms with Crippen LogP contribution in [-0.2, 0) is 11.4 Å². The molecular weight excluding hydrogens is 463 g/mol. The number of ether oxygens (including phenoxy) is 2. The van der Waals surface area contributed by atoms with Gasteiger partial charge in [-0.2, -0.15) is 0 Å². The number of hydrogen-bond donors (Lipinski definition) is 0. The maximum absolute atomic E-state index is 13.1. The number of thioether (sulfide) groups is 1. The van der Waals surface area contributed by atoms with Crippen molar-refractivity contribution in [1.29, 1.82) is 0 Å². The molecule has 0 spiro atoms. The summed E-state index contributed by atoms with van der Waals surface area (Å²) < 4.78 is 24.5. The van der Waals surface area contributed by atoms with Crippen LogP contribution in [0.2, 0.25) is 0 Å². The summed E-state index contributed by atoms with van der Waals surface area (Å²) in [4.78, 5) is 20.2. The Morgan fingerprint density at radius 3 is 2.40 bits per heavy atom. The van der Waals surface area contributed by atoms with Crippen LogP contribution in [-0.4, -0.2) is 29.6 Å². The number of benzene rings is 3. The van der Waals surface area contributed by atoms with Gasteiger partial charge in [0.2, 0.25) is 0 Å². The van der Waals surface area contributed by atoms with Crippen LogP contribution < -0.4 is 9.47 Å². The zero-order valence-corrected chi connectivity index (χ0v) is 21.0. The maximum Gasteiger partial charge on any atom is 0.266 e. The molecule has 0 aliphatic carbocycles. The van der Waals surface area contributed by atoms with Crippen molar-refractivity contribution in [2.24, 2.45) is 4.99 Å². The second-order valence-corrected chi connectivity index (χ2v) is 9.13. The summed E-state index contributed by atoms with van der Waals surface area (Å²) in [7, 11) is 1.57. The molecule has 180 valence electrons. The molecule has 0 unspecified atom stereocenters. The molecule has 0 bridgehead atoms. The molecule has 35 heavy (non-hydrogen) atoms. The van der Waals surface area contributed by atoms with E-state index in [9.17, 15) is 9.18 Å². The lowest BCUT2D eigenvalue weighted by Crippen LogP contribution is -2.28. The molecule has 3 aromatic carbocycles. The number of carbonyl (C=O) groups is 1. The van der Waals surface area contributed by atoms with Crippen LogP contribution >= 0.6 is 11.8 Å². The second-order valence-electron chi connectivity index (χ2n) is 8.12. The van der Waals surface area contributed by atoms with Gasteiger partial charge in [-0.25, -0.2) is 9.38 Å². The number of likely N-dealkylation sites (N-methyl/N-ethyl adjacent to an activating group) is 1. The summed E-state index contributed by atoms with van der Waals surface area (Å²) in [6, 6.07) is 17.7. The molecule has 0 atom stereocenters. The van der Waals surface area contributed by atoms with E-state index in [2.05, 4.69) is 0 Å². The highest BCUT2D eigenvalue weighted by atomic mass is 32.2. The Kier molecular flexibility index (Phi) is 7.56. The third-order valence-corrected chi connectivity index (χ3v) is 6.65. The molecule has 1 saturated heterocycles. The van der Waals surface area contributed by atoms with Crippen molar-refractivity contribution in [2.75, 3.05) is 13.7 Å². The summed E-state index contributed by atoms with van der Waals surface area (Å²) in [5.41, 5.74) is 4.70. The summed E-state index contributed by atoms with van der Waals surface area (Å²) in [5, 5.41) is 0.673. The van der Waals surface area contributed by atoms with Crippen molar-refractivity contribution in [3.63, 3.8) is 0 Å². The minimum atomic E-state index is -0.285. The number of nitrogens with zero attached hydrogens (tertiary/aromatic N) is 2. The Labute approximate surface area is 209 Å². The number of hydrogen-bond acceptors (Lipinski definition) is 5. The third kappa shape index (κ3) is 5.57. The molecule has 0 N–H and O–H groups in total. The highest BCUT2D eigenvalue weighted by Gasteiger charge is 2.32. The van der Waals surface area contributed by atoms with Crippen LogP contribution in [0.25, 0.3) is 6.08 Å². The first-order valence-corrected chi connectivity index (χ1v) is 12.1. The molecule has 3 aromatic rings. The van der Waals surface area contributed by atoms with E-state index in [-0.39, 0.29) is 18.3 Å². The number of rotatable bonds is 7. The number of amidine groups is 1. The van der Waals surface area contributed by atoms with Gasteiger partial charge in [0.1, 0.15) is 12.4 Å². The van der Waals surface area contributed by atoms with Gasteiger partial charge >= 0.3 is 0 Å². The minimum Gasteiger partial charge on any atom is -0.493 e. The molecule has 1 fully saturated rings. The van der Waals surface area contributed by atoms with Crippen molar-refractivity contribution in [3.05, 3.63) is 93.6 Å². The molecular formula is C28H27FN2O3S. The largest absolute Gasteiger partial charge is 0.493 e. The number of carbonyl (C=O) groups excluding carboxylic acids is 1. The van der Waals surface area contributed by atoms with Crippen molar-refractivity contribution in [1.82, 2.24) is 4.90 Å². The lowest BCUT2D eigenvalue weighted by Gasteiger charge is -2.13. The fourth-order valence-electron chi connectivity index (χ4n) is 3.73. The van der Waals surface area contributed by atoms with Gasteiger partial charge in [0.05, 0.1) is 17.7 Å². The van der Waals surface area contributed by atoms with Crippen LogP contribution in [0.5, 0.6) is 11.5 Å². The summed E-state index contributed by atoms with van der Waals surface area (Å²) in [6.07, 6.45) is 1.84. The number of halogens is 1. The molecule has 1 heterocycles. The lowest BCUT2D eigenvalue weighted by molar-refractivity contribution is -0.122. The Morgan fingerprint density at radius 2 is 1.74 bits per heavy atom. The van der Waals surface area contributed by atoms with E-state index in [1.54, 1.807) is 24.1 Å². The number of aliphatic imine (C=N–C) groups is 1. The van der Waals surface area contributed by atoms with Gasteiger partial charge in [0, 0.05) is 6.54 Å². The molecule has 0 saturated carbocycles. The SMILES string of the molecule is CCN1C(=O)/C(=C\c2ccc(OCc3ccc(F)cc3)c(OC)c2)SC1=Nc1c(C)cccc1C. The van der Waals surface area contributed by atoms with Crippen molar-refractivity contribution >= 4 is 34.6 Å². The highest BCUT2D eigenvalue weighted by Crippen LogP contribution is 2.37. The molecule has 5 nitrogen and oxygen atoms in total. The van der Waals surface area contributed by atoms with Gasteiger partial charge in [-0.1, -0.05) is 36.4 Å². The Morgan fingerprint density at radius 1 is 1.03 bits per heavy atom. The predicted molar refractivity (Wildman–Crippen MR) is 140 cm³/mol. The normalized spacial score (nSPS) is 15.8. The fourth-order valence-corrected chi connectivity index (χ4v) is 4.78. The zero-order chi connectivity index (χ0) is 24.9. The monoisotopic (exact) mass is 490 g/mol. The maximum atomic E-state index is 13.1. The summed E-state index contributed by atoms with van der Waals surface area (Å²) in [5.74, 6) is 0.760. The predicted octanol–water partition coefficient (Wildman–Crippen LogP) is 6.65. The minimum absolute atomic E-state index is 0.0712. The second kappa shape index (κ2) is 10.8. The van der Waals surface area contributed by atoms with Gasteiger partial charge in [-0.05, 0) is 85.1 Å². The van der Waals surface area contributed by atoms with Crippen LogP contribution in [0.1, 0.15) is 29.2 Å². The smallest absolute Gasteiger partial charge is 0.266 e. The van der Waals surface area contributed by atoms with Gasteiger partial charge in [0.25, 0.3) is 5.91 Å². The Balaban J connectivity index is 1.57. The van der Waals surface area contributed by atoms with E-state index in [4.69, 9.17) is 14.5 Å². The first kappa shape index (κ1) is 24.5. The number of para-hydroxylation sites is 1. The van der Waals surface area contributed by atoms with Crippen LogP contribution in [0.15, 0.2) is 70.6 Å². The fraction of sp³-hybridized carbons (Fsp3) is 0.214. The topological polar surface area (TPSA) is 51.1 Å². The first-order valence-electron chi connectivity index (χ1n) is 11.3. The summed E-state index contributed by atoms with van der Waals surface area (Å²) >= 11 is 1.37. The van der Waals surface area contributed by atoms with Gasteiger partial charge < -0.3 is 9.47 Å². The highest BCUT2D eigenvalue weighted by molar-refractivity contribution is 8.18. The van der Waals surface area contributed by atoms with E-state index >= 15 is 0 Å². The molecule has 1 aliphatic rings. The van der Waals surface area contributed by atoms with Crippen LogP contribution in [0, 0.1) is 19.7 Å². The molecule has 4 rings (SSSR count). The van der Waals surface area contributed by atoms with E-state index in [0.29, 0.717) is 28.1 Å². The van der Waals surface area contributed by atoms with E-state index in [1.807, 2.05) is 63.2 Å².